The van der Waals surface area contributed by atoms with Crippen LogP contribution in [0.1, 0.15) is 0 Å². The van der Waals surface area contributed by atoms with E-state index in [-0.39, 0.29) is 42.6 Å². The number of anilines is 1. The lowest BCUT2D eigenvalue weighted by Crippen LogP contribution is -2.46. The van der Waals surface area contributed by atoms with Crippen molar-refractivity contribution in [2.24, 2.45) is 0 Å². The maximum absolute atomic E-state index is 12.5. The third kappa shape index (κ3) is 3.13. The Morgan fingerprint density at radius 3 is 2.86 bits per heavy atom. The molecule has 0 bridgehead atoms. The van der Waals surface area contributed by atoms with E-state index >= 15 is 0 Å². The molecule has 3 N–H and O–H groups in total. The number of nitrogens with two attached hydrogens (primary N) is 1. The van der Waals surface area contributed by atoms with E-state index in [1.54, 1.807) is 0 Å². The summed E-state index contributed by atoms with van der Waals surface area (Å²) in [4.78, 5) is 9.77. The third-order valence-electron chi connectivity index (χ3n) is 3.13. The summed E-state index contributed by atoms with van der Waals surface area (Å²) in [5, 5.41) is 19.8. The first kappa shape index (κ1) is 15.6. The monoisotopic (exact) mass is 317 g/mol. The molecule has 1 fully saturated rings. The average Bonchev–Trinajstić information content (AvgIpc) is 2.47. The van der Waals surface area contributed by atoms with Crippen molar-refractivity contribution in [2.45, 2.75) is 11.0 Å². The van der Waals surface area contributed by atoms with Crippen LogP contribution >= 0.6 is 0 Å². The molecule has 1 aliphatic rings. The number of aliphatic hydroxyl groups is 1. The van der Waals surface area contributed by atoms with Gasteiger partial charge in [0.2, 0.25) is 10.0 Å². The first-order chi connectivity index (χ1) is 9.86. The lowest BCUT2D eigenvalue weighted by atomic mass is 10.3. The van der Waals surface area contributed by atoms with Crippen molar-refractivity contribution >= 4 is 21.4 Å². The zero-order valence-corrected chi connectivity index (χ0v) is 11.8. The molecule has 9 nitrogen and oxygen atoms in total. The molecule has 21 heavy (non-hydrogen) atoms. The Bertz CT molecular complexity index is 647. The van der Waals surface area contributed by atoms with Crippen molar-refractivity contribution in [1.82, 2.24) is 4.31 Å². The highest BCUT2D eigenvalue weighted by atomic mass is 32.2. The van der Waals surface area contributed by atoms with Gasteiger partial charge < -0.3 is 15.6 Å². The van der Waals surface area contributed by atoms with Crippen LogP contribution in [0.2, 0.25) is 0 Å². The van der Waals surface area contributed by atoms with Crippen molar-refractivity contribution < 1.29 is 23.2 Å². The summed E-state index contributed by atoms with van der Waals surface area (Å²) in [6, 6.07) is 3.27. The fourth-order valence-corrected chi connectivity index (χ4v) is 3.61. The molecule has 1 aromatic rings. The number of benzene rings is 1. The number of morpholine rings is 1. The largest absolute Gasteiger partial charge is 0.398 e. The Labute approximate surface area is 121 Å². The van der Waals surface area contributed by atoms with Crippen LogP contribution in [0.3, 0.4) is 0 Å². The second-order valence-corrected chi connectivity index (χ2v) is 6.42. The first-order valence-electron chi connectivity index (χ1n) is 6.13. The van der Waals surface area contributed by atoms with Gasteiger partial charge in [-0.25, -0.2) is 8.42 Å². The summed E-state index contributed by atoms with van der Waals surface area (Å²) in [5.41, 5.74) is 5.23. The second-order valence-electron chi connectivity index (χ2n) is 4.52. The number of aliphatic hydroxyl groups excluding tert-OH is 1. The zero-order chi connectivity index (χ0) is 15.6. The van der Waals surface area contributed by atoms with E-state index in [0.717, 1.165) is 16.4 Å². The Hall–Kier alpha value is -1.75. The Kier molecular flexibility index (Phi) is 4.42. The second kappa shape index (κ2) is 5.93. The number of non-ortho nitro benzene ring substituents is 1. The highest BCUT2D eigenvalue weighted by Gasteiger charge is 2.32. The number of rotatable bonds is 4. The molecule has 1 saturated heterocycles. The third-order valence-corrected chi connectivity index (χ3v) is 5.05. The number of nitrogen functional groups attached to an aromatic ring is 1. The molecule has 1 unspecified atom stereocenters. The SMILES string of the molecule is Nc1ccc([N+](=O)[O-])cc1S(=O)(=O)N1CCOC(CO)C1. The van der Waals surface area contributed by atoms with E-state index < -0.39 is 21.1 Å². The van der Waals surface area contributed by atoms with Gasteiger partial charge in [0.1, 0.15) is 4.90 Å². The molecule has 1 heterocycles. The number of nitro groups is 1. The molecule has 0 spiro atoms. The highest BCUT2D eigenvalue weighted by Crippen LogP contribution is 2.27. The summed E-state index contributed by atoms with van der Waals surface area (Å²) >= 11 is 0. The van der Waals surface area contributed by atoms with Crippen LogP contribution < -0.4 is 5.73 Å². The molecule has 1 aliphatic heterocycles. The maximum atomic E-state index is 12.5. The molecule has 1 atom stereocenters. The summed E-state index contributed by atoms with van der Waals surface area (Å²) in [6.45, 7) is -0.0995. The van der Waals surface area contributed by atoms with E-state index in [0.29, 0.717) is 0 Å². The molecule has 0 amide bonds. The number of nitrogens with zero attached hydrogens (tertiary/aromatic N) is 2. The highest BCUT2D eigenvalue weighted by molar-refractivity contribution is 7.89. The lowest BCUT2D eigenvalue weighted by molar-refractivity contribution is -0.385. The van der Waals surface area contributed by atoms with E-state index in [9.17, 15) is 18.5 Å². The Morgan fingerprint density at radius 1 is 1.52 bits per heavy atom. The van der Waals surface area contributed by atoms with E-state index in [1.165, 1.54) is 6.07 Å². The van der Waals surface area contributed by atoms with Gasteiger partial charge in [-0.05, 0) is 6.07 Å². The van der Waals surface area contributed by atoms with Crippen molar-refractivity contribution in [1.29, 1.82) is 0 Å². The Balaban J connectivity index is 2.39. The molecular formula is C11H15N3O6S. The van der Waals surface area contributed by atoms with E-state index in [2.05, 4.69) is 0 Å². The number of hydrogen-bond donors (Lipinski definition) is 2. The summed E-state index contributed by atoms with van der Waals surface area (Å²) in [7, 11) is -3.98. The molecule has 2 rings (SSSR count). The minimum atomic E-state index is -3.98. The van der Waals surface area contributed by atoms with Crippen LogP contribution in [0.25, 0.3) is 0 Å². The molecule has 116 valence electrons. The van der Waals surface area contributed by atoms with Crippen LogP contribution in [-0.2, 0) is 14.8 Å². The molecule has 10 heteroatoms. The smallest absolute Gasteiger partial charge is 0.270 e. The summed E-state index contributed by atoms with van der Waals surface area (Å²) in [6.07, 6.45) is -0.617. The molecular weight excluding hydrogens is 302 g/mol. The fraction of sp³-hybridized carbons (Fsp3) is 0.455. The van der Waals surface area contributed by atoms with Gasteiger partial charge in [0, 0.05) is 25.2 Å². The van der Waals surface area contributed by atoms with Crippen LogP contribution in [0.4, 0.5) is 11.4 Å². The van der Waals surface area contributed by atoms with Gasteiger partial charge in [-0.2, -0.15) is 4.31 Å². The topological polar surface area (TPSA) is 136 Å². The summed E-state index contributed by atoms with van der Waals surface area (Å²) in [5.74, 6) is 0. The minimum absolute atomic E-state index is 0.0268. The van der Waals surface area contributed by atoms with E-state index in [4.69, 9.17) is 15.6 Å². The van der Waals surface area contributed by atoms with Gasteiger partial charge >= 0.3 is 0 Å². The Morgan fingerprint density at radius 2 is 2.24 bits per heavy atom. The van der Waals surface area contributed by atoms with Gasteiger partial charge in [0.15, 0.2) is 0 Å². The van der Waals surface area contributed by atoms with Crippen LogP contribution in [0.15, 0.2) is 23.1 Å². The maximum Gasteiger partial charge on any atom is 0.270 e. The molecule has 1 aromatic carbocycles. The minimum Gasteiger partial charge on any atom is -0.398 e. The van der Waals surface area contributed by atoms with Crippen molar-refractivity contribution in [2.75, 3.05) is 32.0 Å². The predicted molar refractivity (Wildman–Crippen MR) is 73.1 cm³/mol. The van der Waals surface area contributed by atoms with Crippen molar-refractivity contribution in [3.05, 3.63) is 28.3 Å². The normalized spacial score (nSPS) is 20.3. The summed E-state index contributed by atoms with van der Waals surface area (Å²) < 4.78 is 31.3. The molecule has 0 saturated carbocycles. The first-order valence-corrected chi connectivity index (χ1v) is 7.57. The standard InChI is InChI=1S/C11H15N3O6S/c12-10-2-1-8(14(16)17)5-11(10)21(18,19)13-3-4-20-9(6-13)7-15/h1-2,5,9,15H,3-4,6-7,12H2. The van der Waals surface area contributed by atoms with Crippen LogP contribution in [-0.4, -0.2) is 55.2 Å². The quantitative estimate of drug-likeness (QED) is 0.436. The molecule has 0 aliphatic carbocycles. The number of hydrogen-bond acceptors (Lipinski definition) is 7. The number of sulfonamides is 1. The van der Waals surface area contributed by atoms with Gasteiger partial charge in [0.25, 0.3) is 5.69 Å². The predicted octanol–water partition coefficient (Wildman–Crippen LogP) is -0.441. The lowest BCUT2D eigenvalue weighted by Gasteiger charge is -2.31. The average molecular weight is 317 g/mol. The van der Waals surface area contributed by atoms with E-state index in [1.807, 2.05) is 0 Å². The van der Waals surface area contributed by atoms with Crippen molar-refractivity contribution in [3.63, 3.8) is 0 Å². The molecule has 0 aromatic heterocycles. The van der Waals surface area contributed by atoms with Gasteiger partial charge in [-0.1, -0.05) is 0 Å². The zero-order valence-electron chi connectivity index (χ0n) is 11.0. The van der Waals surface area contributed by atoms with Crippen LogP contribution in [0, 0.1) is 10.1 Å². The van der Waals surface area contributed by atoms with Gasteiger partial charge in [-0.3, -0.25) is 10.1 Å². The molecule has 0 radical (unpaired) electrons. The van der Waals surface area contributed by atoms with Gasteiger partial charge in [0.05, 0.1) is 29.9 Å². The fourth-order valence-electron chi connectivity index (χ4n) is 2.02. The van der Waals surface area contributed by atoms with Crippen molar-refractivity contribution in [3.8, 4) is 0 Å². The number of ether oxygens (including phenoxy) is 1. The number of nitro benzene ring substituents is 1. The van der Waals surface area contributed by atoms with Gasteiger partial charge in [-0.15, -0.1) is 0 Å². The van der Waals surface area contributed by atoms with Crippen LogP contribution in [0.5, 0.6) is 0 Å².